The summed E-state index contributed by atoms with van der Waals surface area (Å²) in [6.07, 6.45) is 0.411. The molecule has 3 rings (SSSR count). The summed E-state index contributed by atoms with van der Waals surface area (Å²) in [5, 5.41) is 0. The summed E-state index contributed by atoms with van der Waals surface area (Å²) in [5.41, 5.74) is 1.56. The smallest absolute Gasteiger partial charge is 0.410 e. The Morgan fingerprint density at radius 3 is 2.29 bits per heavy atom. The molecule has 9 nitrogen and oxygen atoms in total. The van der Waals surface area contributed by atoms with E-state index >= 15 is 0 Å². The number of benzene rings is 2. The van der Waals surface area contributed by atoms with E-state index < -0.39 is 28.7 Å². The minimum Gasteiger partial charge on any atom is -0.755 e. The highest BCUT2D eigenvalue weighted by atomic mass is 32.2. The normalized spacial score (nSPS) is 15.2. The third-order valence-corrected chi connectivity index (χ3v) is 6.87. The molecule has 1 atom stereocenters. The number of carbonyl (C=O) groups is 2. The number of piperazine rings is 1. The number of rotatable bonds is 9. The lowest BCUT2D eigenvalue weighted by Crippen LogP contribution is -2.49. The Bertz CT molecular complexity index is 1130. The molecular weight excluding hydrogens is 513 g/mol. The Kier molecular flexibility index (Phi) is 10.2. The highest BCUT2D eigenvalue weighted by molar-refractivity contribution is 7.80. The predicted molar refractivity (Wildman–Crippen MR) is 142 cm³/mol. The second-order valence-electron chi connectivity index (χ2n) is 10.1. The Morgan fingerprint density at radius 1 is 1.08 bits per heavy atom. The topological polar surface area (TPSA) is 102 Å². The van der Waals surface area contributed by atoms with Crippen molar-refractivity contribution >= 4 is 29.0 Å². The minimum absolute atomic E-state index is 0.126. The monoisotopic (exact) mass is 548 g/mol. The Hall–Kier alpha value is -3.02. The van der Waals surface area contributed by atoms with E-state index in [4.69, 9.17) is 4.74 Å². The van der Waals surface area contributed by atoms with Gasteiger partial charge in [0.05, 0.1) is 12.7 Å². The lowest BCUT2D eigenvalue weighted by molar-refractivity contribution is 0.0139. The van der Waals surface area contributed by atoms with Gasteiger partial charge in [0.2, 0.25) is 0 Å². The van der Waals surface area contributed by atoms with Crippen molar-refractivity contribution in [2.45, 2.75) is 45.8 Å². The Morgan fingerprint density at radius 2 is 1.74 bits per heavy atom. The van der Waals surface area contributed by atoms with Gasteiger partial charge in [0.25, 0.3) is 0 Å². The van der Waals surface area contributed by atoms with E-state index in [1.165, 1.54) is 23.5 Å². The van der Waals surface area contributed by atoms with Crippen LogP contribution in [0.2, 0.25) is 0 Å². The first kappa shape index (κ1) is 29.5. The van der Waals surface area contributed by atoms with Crippen molar-refractivity contribution in [3.8, 4) is 0 Å². The van der Waals surface area contributed by atoms with Crippen LogP contribution < -0.4 is 4.31 Å². The first-order valence-corrected chi connectivity index (χ1v) is 13.5. The minimum atomic E-state index is -2.49. The van der Waals surface area contributed by atoms with Crippen LogP contribution in [0, 0.1) is 5.82 Å². The van der Waals surface area contributed by atoms with E-state index in [1.807, 2.05) is 32.9 Å². The molecule has 1 aliphatic heterocycles. The van der Waals surface area contributed by atoms with Crippen LogP contribution in [0.4, 0.5) is 14.9 Å². The standard InChI is InChI=1S/C27H36FN3O6S/c1-27(2,3)37-26(33)30-16-14-29(15-17-30)19-20-7-11-23(12-8-20)31(38(34)35)13-5-6-21-9-10-22(18-24(21)28)25(32)36-4/h7-12,18H,5-6,13-17,19H2,1-4H3,(H,34,35)/p-1. The summed E-state index contributed by atoms with van der Waals surface area (Å²) >= 11 is -2.49. The van der Waals surface area contributed by atoms with Crippen LogP contribution in [-0.4, -0.2) is 76.1 Å². The van der Waals surface area contributed by atoms with Crippen LogP contribution in [-0.2, 0) is 33.7 Å². The van der Waals surface area contributed by atoms with Crippen LogP contribution in [0.5, 0.6) is 0 Å². The zero-order valence-corrected chi connectivity index (χ0v) is 23.1. The highest BCUT2D eigenvalue weighted by Gasteiger charge is 2.25. The predicted octanol–water partition coefficient (Wildman–Crippen LogP) is 3.90. The molecule has 11 heteroatoms. The lowest BCUT2D eigenvalue weighted by atomic mass is 10.1. The fourth-order valence-corrected chi connectivity index (χ4v) is 4.71. The number of anilines is 1. The molecule has 1 unspecified atom stereocenters. The fourth-order valence-electron chi connectivity index (χ4n) is 4.14. The van der Waals surface area contributed by atoms with Gasteiger partial charge in [0.1, 0.15) is 11.4 Å². The summed E-state index contributed by atoms with van der Waals surface area (Å²) < 4.78 is 49.4. The molecule has 0 saturated carbocycles. The number of ether oxygens (including phenoxy) is 2. The number of halogens is 1. The molecule has 1 fully saturated rings. The molecule has 1 amide bonds. The molecule has 1 aliphatic rings. The van der Waals surface area contributed by atoms with Crippen molar-refractivity contribution < 1.29 is 32.2 Å². The van der Waals surface area contributed by atoms with Crippen molar-refractivity contribution in [3.05, 3.63) is 65.0 Å². The molecule has 0 aromatic heterocycles. The third-order valence-electron chi connectivity index (χ3n) is 6.12. The highest BCUT2D eigenvalue weighted by Crippen LogP contribution is 2.20. The molecule has 1 heterocycles. The van der Waals surface area contributed by atoms with Crippen LogP contribution in [0.25, 0.3) is 0 Å². The van der Waals surface area contributed by atoms with Gasteiger partial charge in [-0.15, -0.1) is 0 Å². The van der Waals surface area contributed by atoms with Crippen molar-refractivity contribution in [3.63, 3.8) is 0 Å². The zero-order chi connectivity index (χ0) is 27.9. The molecule has 0 spiro atoms. The third kappa shape index (κ3) is 8.50. The van der Waals surface area contributed by atoms with Gasteiger partial charge in [0, 0.05) is 56.2 Å². The maximum atomic E-state index is 14.3. The number of hydrogen-bond donors (Lipinski definition) is 0. The average molecular weight is 549 g/mol. The number of carbonyl (C=O) groups excluding carboxylic acids is 2. The Balaban J connectivity index is 1.51. The van der Waals surface area contributed by atoms with Crippen molar-refractivity contribution in [2.75, 3.05) is 44.1 Å². The number of methoxy groups -OCH3 is 1. The lowest BCUT2D eigenvalue weighted by Gasteiger charge is -2.35. The SMILES string of the molecule is COC(=O)c1ccc(CCCN(c2ccc(CN3CCN(C(=O)OC(C)(C)C)CC3)cc2)S(=O)[O-])c(F)c1. The largest absolute Gasteiger partial charge is 0.755 e. The first-order valence-electron chi connectivity index (χ1n) is 12.5. The molecule has 0 bridgehead atoms. The van der Waals surface area contributed by atoms with Crippen molar-refractivity contribution in [1.29, 1.82) is 0 Å². The first-order chi connectivity index (χ1) is 18.0. The van der Waals surface area contributed by atoms with Gasteiger partial charge in [-0.05, 0) is 69.0 Å². The average Bonchev–Trinajstić information content (AvgIpc) is 2.86. The van der Waals surface area contributed by atoms with E-state index in [9.17, 15) is 22.7 Å². The van der Waals surface area contributed by atoms with Gasteiger partial charge in [-0.2, -0.15) is 0 Å². The summed E-state index contributed by atoms with van der Waals surface area (Å²) in [7, 11) is 1.23. The quantitative estimate of drug-likeness (QED) is 0.346. The van der Waals surface area contributed by atoms with Crippen LogP contribution in [0.15, 0.2) is 42.5 Å². The summed E-state index contributed by atoms with van der Waals surface area (Å²) in [6.45, 7) is 9.01. The van der Waals surface area contributed by atoms with Crippen LogP contribution >= 0.6 is 0 Å². The van der Waals surface area contributed by atoms with Gasteiger partial charge in [0.15, 0.2) is 0 Å². The van der Waals surface area contributed by atoms with E-state index in [1.54, 1.807) is 17.0 Å². The maximum Gasteiger partial charge on any atom is 0.410 e. The van der Waals surface area contributed by atoms with Gasteiger partial charge < -0.3 is 23.2 Å². The maximum absolute atomic E-state index is 14.3. The van der Waals surface area contributed by atoms with Gasteiger partial charge in [-0.25, -0.2) is 14.0 Å². The van der Waals surface area contributed by atoms with Crippen molar-refractivity contribution in [2.24, 2.45) is 0 Å². The molecule has 0 N–H and O–H groups in total. The molecule has 208 valence electrons. The van der Waals surface area contributed by atoms with Crippen molar-refractivity contribution in [1.82, 2.24) is 9.80 Å². The zero-order valence-electron chi connectivity index (χ0n) is 22.3. The summed E-state index contributed by atoms with van der Waals surface area (Å²) in [4.78, 5) is 27.7. The van der Waals surface area contributed by atoms with Gasteiger partial charge in [-0.3, -0.25) is 9.11 Å². The number of hydrogen-bond acceptors (Lipinski definition) is 7. The number of nitrogens with zero attached hydrogens (tertiary/aromatic N) is 3. The molecule has 2 aromatic rings. The molecule has 2 aromatic carbocycles. The summed E-state index contributed by atoms with van der Waals surface area (Å²) in [6, 6.07) is 11.4. The van der Waals surface area contributed by atoms with E-state index in [2.05, 4.69) is 9.64 Å². The number of amides is 1. The molecular formula is C27H35FN3O6S-. The van der Waals surface area contributed by atoms with Gasteiger partial charge >= 0.3 is 12.1 Å². The van der Waals surface area contributed by atoms with E-state index in [0.717, 1.165) is 24.7 Å². The second kappa shape index (κ2) is 13.2. The molecule has 38 heavy (non-hydrogen) atoms. The molecule has 1 saturated heterocycles. The Labute approximate surface area is 225 Å². The summed E-state index contributed by atoms with van der Waals surface area (Å²) in [5.74, 6) is -1.14. The van der Waals surface area contributed by atoms with E-state index in [0.29, 0.717) is 43.7 Å². The molecule has 0 radical (unpaired) electrons. The number of aryl methyl sites for hydroxylation is 1. The van der Waals surface area contributed by atoms with Crippen LogP contribution in [0.3, 0.4) is 0 Å². The number of esters is 1. The fraction of sp³-hybridized carbons (Fsp3) is 0.481. The van der Waals surface area contributed by atoms with Crippen LogP contribution in [0.1, 0.15) is 48.7 Å². The second-order valence-corrected chi connectivity index (χ2v) is 11.0. The van der Waals surface area contributed by atoms with Gasteiger partial charge in [-0.1, -0.05) is 18.2 Å². The van der Waals surface area contributed by atoms with E-state index in [-0.39, 0.29) is 18.2 Å². The molecule has 0 aliphatic carbocycles.